The van der Waals surface area contributed by atoms with Gasteiger partial charge in [-0.25, -0.2) is 17.9 Å². The molecule has 1 aliphatic heterocycles. The minimum Gasteiger partial charge on any atom is -0.450 e. The van der Waals surface area contributed by atoms with Crippen molar-refractivity contribution in [3.63, 3.8) is 0 Å². The second-order valence-electron chi connectivity index (χ2n) is 6.13. The number of sulfonamides is 1. The standard InChI is InChI=1S/C16H27N5O4S2.HI/c1-3-25-16(22)21-10-6-13(7-11-21)20-15(17)18-8-9-19-27(23,24)14-5-4-12(2)26-14;/h4-5,13,19H,3,6-11H2,1-2H3,(H3,17,18,20);1H. The number of amides is 1. The Labute approximate surface area is 187 Å². The van der Waals surface area contributed by atoms with Gasteiger partial charge in [-0.15, -0.1) is 35.3 Å². The number of nitrogens with one attached hydrogen (secondary N) is 2. The second kappa shape index (κ2) is 11.8. The largest absolute Gasteiger partial charge is 0.450 e. The number of guanidine groups is 1. The number of rotatable bonds is 7. The summed E-state index contributed by atoms with van der Waals surface area (Å²) >= 11 is 1.23. The van der Waals surface area contributed by atoms with Crippen LogP contribution >= 0.6 is 35.3 Å². The minimum atomic E-state index is -3.49. The SMILES string of the molecule is CCOC(=O)N1CCC(NC(N)=NCCNS(=O)(=O)c2ccc(C)s2)CC1.I. The van der Waals surface area contributed by atoms with Crippen LogP contribution in [0.25, 0.3) is 0 Å². The van der Waals surface area contributed by atoms with Crippen LogP contribution in [0.2, 0.25) is 0 Å². The molecule has 4 N–H and O–H groups in total. The maximum Gasteiger partial charge on any atom is 0.409 e. The molecule has 1 saturated heterocycles. The number of nitrogens with two attached hydrogens (primary N) is 1. The maximum absolute atomic E-state index is 12.1. The van der Waals surface area contributed by atoms with Gasteiger partial charge < -0.3 is 20.7 Å². The molecule has 0 atom stereocenters. The Morgan fingerprint density at radius 3 is 2.64 bits per heavy atom. The van der Waals surface area contributed by atoms with Crippen molar-refractivity contribution in [1.82, 2.24) is 14.9 Å². The van der Waals surface area contributed by atoms with Gasteiger partial charge in [-0.3, -0.25) is 4.99 Å². The Morgan fingerprint density at radius 2 is 2.07 bits per heavy atom. The lowest BCUT2D eigenvalue weighted by Gasteiger charge is -2.31. The molecule has 0 aromatic carbocycles. The van der Waals surface area contributed by atoms with Gasteiger partial charge in [0.1, 0.15) is 4.21 Å². The fourth-order valence-corrected chi connectivity index (χ4v) is 5.01. The van der Waals surface area contributed by atoms with Crippen LogP contribution in [0.1, 0.15) is 24.6 Å². The molecular weight excluding hydrogens is 517 g/mol. The summed E-state index contributed by atoms with van der Waals surface area (Å²) in [5, 5.41) is 3.12. The fraction of sp³-hybridized carbons (Fsp3) is 0.625. The van der Waals surface area contributed by atoms with Crippen LogP contribution in [0.4, 0.5) is 4.79 Å². The third-order valence-corrected chi connectivity index (χ3v) is 6.99. The van der Waals surface area contributed by atoms with Crippen LogP contribution in [-0.4, -0.2) is 64.2 Å². The van der Waals surface area contributed by atoms with Gasteiger partial charge in [-0.2, -0.15) is 0 Å². The Morgan fingerprint density at radius 1 is 1.39 bits per heavy atom. The van der Waals surface area contributed by atoms with E-state index in [0.29, 0.717) is 23.9 Å². The van der Waals surface area contributed by atoms with E-state index in [1.165, 1.54) is 11.3 Å². The first kappa shape index (κ1) is 24.9. The van der Waals surface area contributed by atoms with Crippen LogP contribution in [0.3, 0.4) is 0 Å². The monoisotopic (exact) mass is 545 g/mol. The molecule has 2 heterocycles. The minimum absolute atomic E-state index is 0. The topological polar surface area (TPSA) is 126 Å². The first-order valence-electron chi connectivity index (χ1n) is 8.86. The quantitative estimate of drug-likeness (QED) is 0.206. The van der Waals surface area contributed by atoms with Gasteiger partial charge in [-0.1, -0.05) is 0 Å². The number of nitrogens with zero attached hydrogens (tertiary/aromatic N) is 2. The van der Waals surface area contributed by atoms with E-state index in [9.17, 15) is 13.2 Å². The molecule has 1 aromatic heterocycles. The van der Waals surface area contributed by atoms with Gasteiger partial charge in [0.15, 0.2) is 5.96 Å². The number of ether oxygens (including phenoxy) is 1. The summed E-state index contributed by atoms with van der Waals surface area (Å²) in [4.78, 5) is 18.4. The number of thiophene rings is 1. The summed E-state index contributed by atoms with van der Waals surface area (Å²) in [7, 11) is -3.49. The van der Waals surface area contributed by atoms with Gasteiger partial charge in [0.2, 0.25) is 10.0 Å². The van der Waals surface area contributed by atoms with Crippen LogP contribution in [0, 0.1) is 6.92 Å². The van der Waals surface area contributed by atoms with Crippen molar-refractivity contribution in [3.8, 4) is 0 Å². The molecule has 0 bridgehead atoms. The predicted molar refractivity (Wildman–Crippen MR) is 121 cm³/mol. The van der Waals surface area contributed by atoms with Gasteiger partial charge in [-0.05, 0) is 38.8 Å². The number of likely N-dealkylation sites (tertiary alicyclic amines) is 1. The lowest BCUT2D eigenvalue weighted by atomic mass is 10.1. The molecule has 0 radical (unpaired) electrons. The summed E-state index contributed by atoms with van der Waals surface area (Å²) in [6.07, 6.45) is 1.21. The number of carbonyl (C=O) groups is 1. The van der Waals surface area contributed by atoms with E-state index in [2.05, 4.69) is 15.0 Å². The highest BCUT2D eigenvalue weighted by molar-refractivity contribution is 14.0. The summed E-state index contributed by atoms with van der Waals surface area (Å²) in [5.74, 6) is 0.274. The number of piperidine rings is 1. The summed E-state index contributed by atoms with van der Waals surface area (Å²) in [6, 6.07) is 3.49. The van der Waals surface area contributed by atoms with Crippen LogP contribution in [0.5, 0.6) is 0 Å². The number of aryl methyl sites for hydroxylation is 1. The zero-order valence-corrected chi connectivity index (χ0v) is 20.0. The lowest BCUT2D eigenvalue weighted by Crippen LogP contribution is -2.48. The van der Waals surface area contributed by atoms with Gasteiger partial charge in [0.05, 0.1) is 13.2 Å². The van der Waals surface area contributed by atoms with Crippen molar-refractivity contribution in [2.75, 3.05) is 32.8 Å². The van der Waals surface area contributed by atoms with Gasteiger partial charge >= 0.3 is 6.09 Å². The maximum atomic E-state index is 12.1. The zero-order valence-electron chi connectivity index (χ0n) is 16.0. The van der Waals surface area contributed by atoms with E-state index in [1.54, 1.807) is 24.0 Å². The van der Waals surface area contributed by atoms with Crippen LogP contribution in [0.15, 0.2) is 21.3 Å². The van der Waals surface area contributed by atoms with E-state index < -0.39 is 10.0 Å². The van der Waals surface area contributed by atoms with Crippen molar-refractivity contribution in [1.29, 1.82) is 0 Å². The Bertz CT molecular complexity index is 761. The Hall–Kier alpha value is -1.12. The molecule has 12 heteroatoms. The van der Waals surface area contributed by atoms with E-state index in [-0.39, 0.29) is 55.2 Å². The van der Waals surface area contributed by atoms with Crippen molar-refractivity contribution in [2.45, 2.75) is 36.9 Å². The fourth-order valence-electron chi connectivity index (χ4n) is 2.66. The second-order valence-corrected chi connectivity index (χ2v) is 9.42. The highest BCUT2D eigenvalue weighted by atomic mass is 127. The molecular formula is C16H28IN5O4S2. The molecule has 1 aromatic rings. The summed E-state index contributed by atoms with van der Waals surface area (Å²) < 4.78 is 32.0. The van der Waals surface area contributed by atoms with Crippen LogP contribution in [-0.2, 0) is 14.8 Å². The molecule has 0 unspecified atom stereocenters. The van der Waals surface area contributed by atoms with E-state index in [4.69, 9.17) is 10.5 Å². The molecule has 0 saturated carbocycles. The molecule has 1 fully saturated rings. The number of hydrogen-bond donors (Lipinski definition) is 3. The molecule has 0 spiro atoms. The molecule has 160 valence electrons. The molecule has 2 rings (SSSR count). The average molecular weight is 545 g/mol. The van der Waals surface area contributed by atoms with Crippen molar-refractivity contribution >= 4 is 57.4 Å². The third kappa shape index (κ3) is 7.72. The van der Waals surface area contributed by atoms with Crippen molar-refractivity contribution < 1.29 is 17.9 Å². The number of halogens is 1. The lowest BCUT2D eigenvalue weighted by molar-refractivity contribution is 0.0963. The number of hydrogen-bond acceptors (Lipinski definition) is 6. The van der Waals surface area contributed by atoms with E-state index in [0.717, 1.165) is 17.7 Å². The smallest absolute Gasteiger partial charge is 0.409 e. The van der Waals surface area contributed by atoms with Crippen molar-refractivity contribution in [3.05, 3.63) is 17.0 Å². The van der Waals surface area contributed by atoms with Gasteiger partial charge in [0.25, 0.3) is 0 Å². The zero-order chi connectivity index (χ0) is 19.9. The highest BCUT2D eigenvalue weighted by Crippen LogP contribution is 2.20. The first-order valence-corrected chi connectivity index (χ1v) is 11.2. The Balaban J connectivity index is 0.00000392. The molecule has 1 aliphatic rings. The van der Waals surface area contributed by atoms with Crippen molar-refractivity contribution in [2.24, 2.45) is 10.7 Å². The third-order valence-electron chi connectivity index (χ3n) is 4.04. The molecule has 1 amide bonds. The molecule has 9 nitrogen and oxygen atoms in total. The Kier molecular flexibility index (Phi) is 10.5. The number of carbonyl (C=O) groups excluding carboxylic acids is 1. The van der Waals surface area contributed by atoms with Crippen LogP contribution < -0.4 is 15.8 Å². The normalized spacial score (nSPS) is 15.8. The van der Waals surface area contributed by atoms with E-state index >= 15 is 0 Å². The van der Waals surface area contributed by atoms with Gasteiger partial charge in [0, 0.05) is 30.6 Å². The first-order chi connectivity index (χ1) is 12.8. The average Bonchev–Trinajstić information content (AvgIpc) is 3.07. The molecule has 28 heavy (non-hydrogen) atoms. The predicted octanol–water partition coefficient (Wildman–Crippen LogP) is 1.48. The highest BCUT2D eigenvalue weighted by Gasteiger charge is 2.23. The summed E-state index contributed by atoms with van der Waals surface area (Å²) in [5.41, 5.74) is 5.87. The van der Waals surface area contributed by atoms with E-state index in [1.807, 2.05) is 6.92 Å². The summed E-state index contributed by atoms with van der Waals surface area (Å²) in [6.45, 7) is 5.62. The molecule has 0 aliphatic carbocycles. The number of aliphatic imine (C=N–C) groups is 1.